The third-order valence-corrected chi connectivity index (χ3v) is 10.3. The Balaban J connectivity index is 2.30. The van der Waals surface area contributed by atoms with Crippen LogP contribution < -0.4 is 10.2 Å². The summed E-state index contributed by atoms with van der Waals surface area (Å²) in [5, 5.41) is 14.5. The lowest BCUT2D eigenvalue weighted by atomic mass is 10.0. The monoisotopic (exact) mass is 452 g/mol. The van der Waals surface area contributed by atoms with Gasteiger partial charge in [0.25, 0.3) is 0 Å². The van der Waals surface area contributed by atoms with E-state index in [1.54, 1.807) is 6.07 Å². The molecule has 1 fully saturated rings. The van der Waals surface area contributed by atoms with Crippen LogP contribution in [0.5, 0.6) is 0 Å². The molecule has 31 heavy (non-hydrogen) atoms. The van der Waals surface area contributed by atoms with Crippen LogP contribution in [0.25, 0.3) is 0 Å². The maximum Gasteiger partial charge on any atom is 0.407 e. The maximum atomic E-state index is 12.4. The standard InChI is InChI=1S/C21H36N4O5Si/c1-20(2,3)29-19(26)23-15-11-16(30-31(7,8)21(4,5)6)14-24(13-15)17-9-10-22-12-18(17)25(27)28/h9-10,12,15-16H,11,13-14H2,1-8H3,(H,23,26)/t15-,16-/m0/s1. The average molecular weight is 453 g/mol. The van der Waals surface area contributed by atoms with Crippen molar-refractivity contribution in [1.29, 1.82) is 0 Å². The Hall–Kier alpha value is -2.20. The number of carbonyl (C=O) groups excluding carboxylic acids is 1. The first kappa shape index (κ1) is 25.1. The fourth-order valence-electron chi connectivity index (χ4n) is 3.29. The van der Waals surface area contributed by atoms with Gasteiger partial charge in [0.1, 0.15) is 17.5 Å². The number of nitrogens with one attached hydrogen (secondary N) is 1. The van der Waals surface area contributed by atoms with Gasteiger partial charge in [-0.25, -0.2) is 4.79 Å². The normalized spacial score (nSPS) is 20.3. The van der Waals surface area contributed by atoms with E-state index >= 15 is 0 Å². The van der Waals surface area contributed by atoms with Crippen molar-refractivity contribution in [3.05, 3.63) is 28.6 Å². The molecular formula is C21H36N4O5Si. The van der Waals surface area contributed by atoms with E-state index in [2.05, 4.69) is 44.2 Å². The molecule has 10 heteroatoms. The summed E-state index contributed by atoms with van der Waals surface area (Å²) in [6.07, 6.45) is 2.72. The molecular weight excluding hydrogens is 416 g/mol. The van der Waals surface area contributed by atoms with Crippen LogP contribution in [0.15, 0.2) is 18.5 Å². The first-order valence-corrected chi connectivity index (χ1v) is 13.5. The van der Waals surface area contributed by atoms with Crippen molar-refractivity contribution < 1.29 is 18.9 Å². The second-order valence-corrected chi connectivity index (χ2v) is 15.4. The lowest BCUT2D eigenvalue weighted by molar-refractivity contribution is -0.384. The molecule has 2 atom stereocenters. The summed E-state index contributed by atoms with van der Waals surface area (Å²) in [5.41, 5.74) is -0.203. The molecule has 0 unspecified atom stereocenters. The highest BCUT2D eigenvalue weighted by molar-refractivity contribution is 6.74. The number of anilines is 1. The van der Waals surface area contributed by atoms with Crippen LogP contribution in [-0.2, 0) is 9.16 Å². The highest BCUT2D eigenvalue weighted by atomic mass is 28.4. The van der Waals surface area contributed by atoms with Crippen LogP contribution in [0.2, 0.25) is 18.1 Å². The summed E-state index contributed by atoms with van der Waals surface area (Å²) in [7, 11) is -2.08. The molecule has 1 aromatic rings. The fourth-order valence-corrected chi connectivity index (χ4v) is 4.65. The van der Waals surface area contributed by atoms with Crippen molar-refractivity contribution >= 4 is 25.8 Å². The van der Waals surface area contributed by atoms with Gasteiger partial charge in [0.15, 0.2) is 8.32 Å². The number of pyridine rings is 1. The molecule has 1 aromatic heterocycles. The number of hydrogen-bond donors (Lipinski definition) is 1. The molecule has 174 valence electrons. The molecule has 1 aliphatic rings. The molecule has 9 nitrogen and oxygen atoms in total. The molecule has 0 radical (unpaired) electrons. The molecule has 2 heterocycles. The Bertz CT molecular complexity index is 804. The largest absolute Gasteiger partial charge is 0.444 e. The minimum absolute atomic E-state index is 0.0199. The zero-order valence-corrected chi connectivity index (χ0v) is 20.9. The van der Waals surface area contributed by atoms with Crippen LogP contribution in [0.3, 0.4) is 0 Å². The Morgan fingerprint density at radius 3 is 2.45 bits per heavy atom. The molecule has 0 aromatic carbocycles. The topological polar surface area (TPSA) is 107 Å². The third kappa shape index (κ3) is 6.89. The van der Waals surface area contributed by atoms with E-state index in [4.69, 9.17) is 9.16 Å². The van der Waals surface area contributed by atoms with E-state index in [1.807, 2.05) is 25.7 Å². The Labute approximate surface area is 185 Å². The number of nitrogens with zero attached hydrogens (tertiary/aromatic N) is 3. The highest BCUT2D eigenvalue weighted by Crippen LogP contribution is 2.39. The summed E-state index contributed by atoms with van der Waals surface area (Å²) >= 11 is 0. The van der Waals surface area contributed by atoms with Gasteiger partial charge in [0, 0.05) is 19.3 Å². The minimum Gasteiger partial charge on any atom is -0.444 e. The molecule has 0 aliphatic carbocycles. The van der Waals surface area contributed by atoms with Gasteiger partial charge in [0.05, 0.1) is 17.1 Å². The van der Waals surface area contributed by atoms with Crippen molar-refractivity contribution in [2.45, 2.75) is 83.8 Å². The van der Waals surface area contributed by atoms with Gasteiger partial charge >= 0.3 is 11.8 Å². The van der Waals surface area contributed by atoms with E-state index in [1.165, 1.54) is 12.4 Å². The number of hydrogen-bond acceptors (Lipinski definition) is 7. The number of carbonyl (C=O) groups is 1. The van der Waals surface area contributed by atoms with Crippen molar-refractivity contribution in [2.24, 2.45) is 0 Å². The highest BCUT2D eigenvalue weighted by Gasteiger charge is 2.42. The number of piperidine rings is 1. The molecule has 2 rings (SSSR count). The third-order valence-electron chi connectivity index (χ3n) is 5.72. The van der Waals surface area contributed by atoms with Gasteiger partial charge in [-0.1, -0.05) is 20.8 Å². The molecule has 0 saturated carbocycles. The molecule has 0 bridgehead atoms. The predicted molar refractivity (Wildman–Crippen MR) is 123 cm³/mol. The quantitative estimate of drug-likeness (QED) is 0.398. The number of ether oxygens (including phenoxy) is 1. The Morgan fingerprint density at radius 2 is 1.90 bits per heavy atom. The van der Waals surface area contributed by atoms with Crippen LogP contribution in [0.4, 0.5) is 16.2 Å². The number of rotatable bonds is 5. The van der Waals surface area contributed by atoms with E-state index in [-0.39, 0.29) is 22.9 Å². The molecule has 1 amide bonds. The van der Waals surface area contributed by atoms with E-state index in [9.17, 15) is 14.9 Å². The van der Waals surface area contributed by atoms with Crippen LogP contribution >= 0.6 is 0 Å². The molecule has 1 aliphatic heterocycles. The Kier molecular flexibility index (Phi) is 7.37. The van der Waals surface area contributed by atoms with E-state index < -0.39 is 24.9 Å². The zero-order valence-electron chi connectivity index (χ0n) is 19.9. The molecule has 1 N–H and O–H groups in total. The number of aromatic nitrogens is 1. The van der Waals surface area contributed by atoms with Gasteiger partial charge in [-0.05, 0) is 51.4 Å². The van der Waals surface area contributed by atoms with Crippen molar-refractivity contribution in [1.82, 2.24) is 10.3 Å². The van der Waals surface area contributed by atoms with Gasteiger partial charge in [-0.3, -0.25) is 15.1 Å². The van der Waals surface area contributed by atoms with E-state index in [0.717, 1.165) is 0 Å². The Morgan fingerprint density at radius 1 is 1.26 bits per heavy atom. The van der Waals surface area contributed by atoms with Crippen LogP contribution in [0, 0.1) is 10.1 Å². The summed E-state index contributed by atoms with van der Waals surface area (Å²) in [6, 6.07) is 1.36. The fraction of sp³-hybridized carbons (Fsp3) is 0.714. The average Bonchev–Trinajstić information content (AvgIpc) is 2.58. The number of amides is 1. The first-order valence-electron chi connectivity index (χ1n) is 10.6. The maximum absolute atomic E-state index is 12.4. The lowest BCUT2D eigenvalue weighted by Gasteiger charge is -2.44. The van der Waals surface area contributed by atoms with Crippen LogP contribution in [-0.4, -0.2) is 55.2 Å². The second-order valence-electron chi connectivity index (χ2n) is 10.6. The number of alkyl carbamates (subject to hydrolysis) is 1. The van der Waals surface area contributed by atoms with Crippen molar-refractivity contribution in [3.8, 4) is 0 Å². The zero-order chi connectivity index (χ0) is 23.6. The second kappa shape index (κ2) is 9.11. The predicted octanol–water partition coefficient (Wildman–Crippen LogP) is 4.48. The van der Waals surface area contributed by atoms with Crippen LogP contribution in [0.1, 0.15) is 48.0 Å². The van der Waals surface area contributed by atoms with Crippen molar-refractivity contribution in [2.75, 3.05) is 18.0 Å². The SMILES string of the molecule is CC(C)(C)OC(=O)N[C@H]1C[C@H](O[Si](C)(C)C(C)(C)C)CN(c2ccncc2[N+](=O)[O-])C1. The van der Waals surface area contributed by atoms with Gasteiger partial charge in [-0.15, -0.1) is 0 Å². The van der Waals surface area contributed by atoms with Gasteiger partial charge < -0.3 is 19.4 Å². The van der Waals surface area contributed by atoms with Gasteiger partial charge in [-0.2, -0.15) is 0 Å². The molecule has 1 saturated heterocycles. The van der Waals surface area contributed by atoms with Crippen molar-refractivity contribution in [3.63, 3.8) is 0 Å². The summed E-state index contributed by atoms with van der Waals surface area (Å²) in [5.74, 6) is 0. The van der Waals surface area contributed by atoms with E-state index in [0.29, 0.717) is 25.2 Å². The lowest BCUT2D eigenvalue weighted by Crippen LogP contribution is -2.57. The minimum atomic E-state index is -2.08. The smallest absolute Gasteiger partial charge is 0.407 e. The molecule has 0 spiro atoms. The number of nitro groups is 1. The summed E-state index contributed by atoms with van der Waals surface area (Å²) in [4.78, 5) is 29.3. The first-order chi connectivity index (χ1) is 14.1. The summed E-state index contributed by atoms with van der Waals surface area (Å²) < 4.78 is 12.0. The van der Waals surface area contributed by atoms with Gasteiger partial charge in [0.2, 0.25) is 0 Å². The summed E-state index contributed by atoms with van der Waals surface area (Å²) in [6.45, 7) is 17.2.